The number of rotatable bonds is 2. The third-order valence-electron chi connectivity index (χ3n) is 2.55. The number of anilines is 3. The maximum atomic E-state index is 13.4. The lowest BCUT2D eigenvalue weighted by Gasteiger charge is -2.12. The minimum absolute atomic E-state index is 0.254. The molecule has 0 amide bonds. The molecule has 2 aromatic rings. The van der Waals surface area contributed by atoms with Crippen molar-refractivity contribution in [3.05, 3.63) is 52.8 Å². The maximum Gasteiger partial charge on any atom is 0.128 e. The minimum atomic E-state index is -0.254. The van der Waals surface area contributed by atoms with Crippen LogP contribution in [0.5, 0.6) is 0 Å². The topological polar surface area (TPSA) is 38.0 Å². The van der Waals surface area contributed by atoms with Crippen molar-refractivity contribution in [3.8, 4) is 0 Å². The third-order valence-corrected chi connectivity index (χ3v) is 2.79. The van der Waals surface area contributed by atoms with Crippen LogP contribution in [0.2, 0.25) is 5.02 Å². The molecule has 0 heterocycles. The van der Waals surface area contributed by atoms with Crippen LogP contribution in [0.25, 0.3) is 0 Å². The fraction of sp³-hybridized carbons (Fsp3) is 0.0769. The number of hydrogen-bond acceptors (Lipinski definition) is 2. The molecule has 2 nitrogen and oxygen atoms in total. The maximum absolute atomic E-state index is 13.4. The van der Waals surface area contributed by atoms with Crippen molar-refractivity contribution in [1.82, 2.24) is 0 Å². The highest BCUT2D eigenvalue weighted by Gasteiger charge is 2.05. The zero-order valence-corrected chi connectivity index (χ0v) is 10.1. The highest BCUT2D eigenvalue weighted by atomic mass is 35.5. The third kappa shape index (κ3) is 2.50. The molecule has 3 N–H and O–H groups in total. The molecule has 0 aromatic heterocycles. The van der Waals surface area contributed by atoms with Gasteiger partial charge in [0, 0.05) is 16.3 Å². The lowest BCUT2D eigenvalue weighted by molar-refractivity contribution is 0.619. The summed E-state index contributed by atoms with van der Waals surface area (Å²) in [7, 11) is 0. The SMILES string of the molecule is Cc1c(F)cccc1Nc1cc(Cl)ccc1N. The fourth-order valence-corrected chi connectivity index (χ4v) is 1.70. The van der Waals surface area contributed by atoms with E-state index in [1.54, 1.807) is 37.3 Å². The first-order valence-corrected chi connectivity index (χ1v) is 5.53. The Balaban J connectivity index is 2.38. The van der Waals surface area contributed by atoms with Gasteiger partial charge in [0.25, 0.3) is 0 Å². The molecule has 0 saturated heterocycles. The smallest absolute Gasteiger partial charge is 0.128 e. The second-order valence-electron chi connectivity index (χ2n) is 3.77. The van der Waals surface area contributed by atoms with E-state index in [9.17, 15) is 4.39 Å². The van der Waals surface area contributed by atoms with E-state index in [1.165, 1.54) is 6.07 Å². The number of nitrogens with two attached hydrogens (primary N) is 1. The summed E-state index contributed by atoms with van der Waals surface area (Å²) in [5.41, 5.74) is 8.28. The van der Waals surface area contributed by atoms with E-state index in [-0.39, 0.29) is 5.82 Å². The van der Waals surface area contributed by atoms with Gasteiger partial charge < -0.3 is 11.1 Å². The first kappa shape index (κ1) is 11.7. The van der Waals surface area contributed by atoms with E-state index >= 15 is 0 Å². The first-order chi connectivity index (χ1) is 8.08. The summed E-state index contributed by atoms with van der Waals surface area (Å²) in [5.74, 6) is -0.254. The zero-order valence-electron chi connectivity index (χ0n) is 9.30. The van der Waals surface area contributed by atoms with Crippen LogP contribution in [0.4, 0.5) is 21.5 Å². The zero-order chi connectivity index (χ0) is 12.4. The molecule has 88 valence electrons. The molecule has 0 bridgehead atoms. The van der Waals surface area contributed by atoms with Crippen LogP contribution in [-0.2, 0) is 0 Å². The van der Waals surface area contributed by atoms with E-state index in [1.807, 2.05) is 0 Å². The van der Waals surface area contributed by atoms with Gasteiger partial charge in [-0.15, -0.1) is 0 Å². The van der Waals surface area contributed by atoms with Crippen molar-refractivity contribution in [2.24, 2.45) is 0 Å². The van der Waals surface area contributed by atoms with Gasteiger partial charge in [0.1, 0.15) is 5.82 Å². The molecule has 0 fully saturated rings. The van der Waals surface area contributed by atoms with Gasteiger partial charge in [-0.3, -0.25) is 0 Å². The van der Waals surface area contributed by atoms with Gasteiger partial charge in [0.2, 0.25) is 0 Å². The number of benzene rings is 2. The van der Waals surface area contributed by atoms with Crippen LogP contribution in [0.15, 0.2) is 36.4 Å². The minimum Gasteiger partial charge on any atom is -0.397 e. The van der Waals surface area contributed by atoms with E-state index in [2.05, 4.69) is 5.32 Å². The van der Waals surface area contributed by atoms with Gasteiger partial charge in [-0.05, 0) is 37.3 Å². The summed E-state index contributed by atoms with van der Waals surface area (Å²) in [4.78, 5) is 0. The summed E-state index contributed by atoms with van der Waals surface area (Å²) in [6, 6.07) is 9.98. The molecule has 0 aliphatic carbocycles. The molecule has 0 aliphatic heterocycles. The van der Waals surface area contributed by atoms with E-state index < -0.39 is 0 Å². The second-order valence-corrected chi connectivity index (χ2v) is 4.21. The highest BCUT2D eigenvalue weighted by molar-refractivity contribution is 6.31. The standard InChI is InChI=1S/C13H12ClFN2/c1-8-10(15)3-2-4-12(8)17-13-7-9(14)5-6-11(13)16/h2-7,17H,16H2,1H3. The van der Waals surface area contributed by atoms with Crippen LogP contribution in [0.3, 0.4) is 0 Å². The molecule has 0 aliphatic rings. The average molecular weight is 251 g/mol. The van der Waals surface area contributed by atoms with E-state index in [0.29, 0.717) is 27.6 Å². The van der Waals surface area contributed by atoms with Gasteiger partial charge in [0.05, 0.1) is 11.4 Å². The Hall–Kier alpha value is -1.74. The van der Waals surface area contributed by atoms with Gasteiger partial charge in [-0.25, -0.2) is 4.39 Å². The molecule has 0 unspecified atom stereocenters. The monoisotopic (exact) mass is 250 g/mol. The van der Waals surface area contributed by atoms with Crippen molar-refractivity contribution in [2.75, 3.05) is 11.1 Å². The summed E-state index contributed by atoms with van der Waals surface area (Å²) >= 11 is 5.88. The van der Waals surface area contributed by atoms with Crippen LogP contribution >= 0.6 is 11.6 Å². The second kappa shape index (κ2) is 4.63. The van der Waals surface area contributed by atoms with Crippen molar-refractivity contribution in [2.45, 2.75) is 6.92 Å². The van der Waals surface area contributed by atoms with Gasteiger partial charge in [-0.2, -0.15) is 0 Å². The molecular formula is C13H12ClFN2. The van der Waals surface area contributed by atoms with Crippen molar-refractivity contribution in [3.63, 3.8) is 0 Å². The molecule has 17 heavy (non-hydrogen) atoms. The number of halogens is 2. The fourth-order valence-electron chi connectivity index (χ4n) is 1.52. The van der Waals surface area contributed by atoms with Crippen molar-refractivity contribution < 1.29 is 4.39 Å². The Kier molecular flexibility index (Phi) is 3.20. The Labute approximate surface area is 104 Å². The Morgan fingerprint density at radius 3 is 2.71 bits per heavy atom. The molecule has 0 radical (unpaired) electrons. The summed E-state index contributed by atoms with van der Waals surface area (Å²) in [6.45, 7) is 1.71. The number of nitrogen functional groups attached to an aromatic ring is 1. The van der Waals surface area contributed by atoms with Crippen LogP contribution in [0, 0.1) is 12.7 Å². The Morgan fingerprint density at radius 2 is 1.94 bits per heavy atom. The average Bonchev–Trinajstić information content (AvgIpc) is 2.30. The van der Waals surface area contributed by atoms with Crippen molar-refractivity contribution >= 4 is 28.7 Å². The first-order valence-electron chi connectivity index (χ1n) is 5.15. The van der Waals surface area contributed by atoms with Crippen LogP contribution < -0.4 is 11.1 Å². The summed E-state index contributed by atoms with van der Waals surface area (Å²) < 4.78 is 13.4. The predicted molar refractivity (Wildman–Crippen MR) is 70.3 cm³/mol. The van der Waals surface area contributed by atoms with Gasteiger partial charge >= 0.3 is 0 Å². The number of hydrogen-bond donors (Lipinski definition) is 2. The molecule has 0 atom stereocenters. The van der Waals surface area contributed by atoms with Crippen molar-refractivity contribution in [1.29, 1.82) is 0 Å². The molecule has 0 spiro atoms. The van der Waals surface area contributed by atoms with Crippen LogP contribution in [0.1, 0.15) is 5.56 Å². The summed E-state index contributed by atoms with van der Waals surface area (Å²) in [6.07, 6.45) is 0. The van der Waals surface area contributed by atoms with Gasteiger partial charge in [0.15, 0.2) is 0 Å². The molecule has 0 saturated carbocycles. The molecule has 2 rings (SSSR count). The van der Waals surface area contributed by atoms with Gasteiger partial charge in [-0.1, -0.05) is 17.7 Å². The highest BCUT2D eigenvalue weighted by Crippen LogP contribution is 2.28. The lowest BCUT2D eigenvalue weighted by Crippen LogP contribution is -1.98. The Bertz CT molecular complexity index is 555. The predicted octanol–water partition coefficient (Wildman–Crippen LogP) is 4.11. The quantitative estimate of drug-likeness (QED) is 0.787. The lowest BCUT2D eigenvalue weighted by atomic mass is 10.1. The van der Waals surface area contributed by atoms with E-state index in [0.717, 1.165) is 0 Å². The molecule has 2 aromatic carbocycles. The van der Waals surface area contributed by atoms with Crippen LogP contribution in [-0.4, -0.2) is 0 Å². The number of nitrogens with one attached hydrogen (secondary N) is 1. The molecular weight excluding hydrogens is 239 g/mol. The largest absolute Gasteiger partial charge is 0.397 e. The molecule has 4 heteroatoms. The van der Waals surface area contributed by atoms with E-state index in [4.69, 9.17) is 17.3 Å². The normalized spacial score (nSPS) is 10.3. The summed E-state index contributed by atoms with van der Waals surface area (Å²) in [5, 5.41) is 3.65. The Morgan fingerprint density at radius 1 is 1.18 bits per heavy atom.